The molecule has 1 aliphatic rings. The minimum atomic E-state index is 0.696. The zero-order valence-corrected chi connectivity index (χ0v) is 16.6. The zero-order valence-electron chi connectivity index (χ0n) is 16.6. The standard InChI is InChI=1S/C22H29N5/c1-17-6-7-22(11-18(17)2)27-16-21(12-24-27)14-25-9-4-5-20(13-25)15-26-10-8-23-19(26)3/h6-8,10-12,16,20H,4-5,9,13-15H2,1-3H3. The van der Waals surface area contributed by atoms with Gasteiger partial charge in [0.2, 0.25) is 0 Å². The Balaban J connectivity index is 1.39. The van der Waals surface area contributed by atoms with Crippen LogP contribution in [0.15, 0.2) is 43.0 Å². The minimum Gasteiger partial charge on any atom is -0.335 e. The third-order valence-corrected chi connectivity index (χ3v) is 5.78. The number of aryl methyl sites for hydroxylation is 3. The fourth-order valence-corrected chi connectivity index (χ4v) is 4.03. The fraction of sp³-hybridized carbons (Fsp3) is 0.455. The lowest BCUT2D eigenvalue weighted by atomic mass is 9.97. The van der Waals surface area contributed by atoms with Gasteiger partial charge in [-0.25, -0.2) is 9.67 Å². The number of piperidine rings is 1. The van der Waals surface area contributed by atoms with E-state index in [1.165, 1.54) is 36.1 Å². The third-order valence-electron chi connectivity index (χ3n) is 5.78. The Bertz CT molecular complexity index is 907. The lowest BCUT2D eigenvalue weighted by Crippen LogP contribution is -2.36. The minimum absolute atomic E-state index is 0.696. The summed E-state index contributed by atoms with van der Waals surface area (Å²) in [6.45, 7) is 10.8. The number of imidazole rings is 1. The summed E-state index contributed by atoms with van der Waals surface area (Å²) in [7, 11) is 0. The number of nitrogens with zero attached hydrogens (tertiary/aromatic N) is 5. The van der Waals surface area contributed by atoms with Crippen LogP contribution in [0.25, 0.3) is 5.69 Å². The van der Waals surface area contributed by atoms with E-state index in [4.69, 9.17) is 0 Å². The Morgan fingerprint density at radius 2 is 2.04 bits per heavy atom. The lowest BCUT2D eigenvalue weighted by Gasteiger charge is -2.32. The Labute approximate surface area is 161 Å². The van der Waals surface area contributed by atoms with Gasteiger partial charge in [0.05, 0.1) is 11.9 Å². The second-order valence-corrected chi connectivity index (χ2v) is 7.93. The number of likely N-dealkylation sites (tertiary alicyclic amines) is 1. The summed E-state index contributed by atoms with van der Waals surface area (Å²) in [5, 5.41) is 4.59. The van der Waals surface area contributed by atoms with Gasteiger partial charge < -0.3 is 4.57 Å². The van der Waals surface area contributed by atoms with Crippen molar-refractivity contribution in [2.75, 3.05) is 13.1 Å². The molecule has 4 rings (SSSR count). The first-order valence-corrected chi connectivity index (χ1v) is 9.90. The van der Waals surface area contributed by atoms with Crippen molar-refractivity contribution >= 4 is 0 Å². The van der Waals surface area contributed by atoms with Crippen molar-refractivity contribution in [2.24, 2.45) is 5.92 Å². The Hall–Kier alpha value is -2.40. The zero-order chi connectivity index (χ0) is 18.8. The maximum Gasteiger partial charge on any atom is 0.105 e. The van der Waals surface area contributed by atoms with Crippen LogP contribution < -0.4 is 0 Å². The molecule has 27 heavy (non-hydrogen) atoms. The average Bonchev–Trinajstić information content (AvgIpc) is 3.27. The SMILES string of the molecule is Cc1ccc(-n2cc(CN3CCCC(Cn4ccnc4C)C3)cn2)cc1C. The second kappa shape index (κ2) is 7.69. The van der Waals surface area contributed by atoms with Gasteiger partial charge in [-0.05, 0) is 69.3 Å². The van der Waals surface area contributed by atoms with Gasteiger partial charge in [0.15, 0.2) is 0 Å². The molecule has 5 heteroatoms. The highest BCUT2D eigenvalue weighted by molar-refractivity contribution is 5.39. The van der Waals surface area contributed by atoms with E-state index in [2.05, 4.69) is 70.9 Å². The molecule has 1 aromatic carbocycles. The van der Waals surface area contributed by atoms with Crippen molar-refractivity contribution in [1.29, 1.82) is 0 Å². The van der Waals surface area contributed by atoms with Crippen LogP contribution in [-0.2, 0) is 13.1 Å². The maximum absolute atomic E-state index is 4.59. The molecule has 1 fully saturated rings. The van der Waals surface area contributed by atoms with E-state index in [1.54, 1.807) is 0 Å². The van der Waals surface area contributed by atoms with Gasteiger partial charge in [0.1, 0.15) is 5.82 Å². The number of hydrogen-bond acceptors (Lipinski definition) is 3. The summed E-state index contributed by atoms with van der Waals surface area (Å²) >= 11 is 0. The van der Waals surface area contributed by atoms with Crippen LogP contribution in [0.1, 0.15) is 35.4 Å². The van der Waals surface area contributed by atoms with E-state index in [0.29, 0.717) is 5.92 Å². The van der Waals surface area contributed by atoms with Crippen LogP contribution in [0.5, 0.6) is 0 Å². The molecule has 1 aliphatic heterocycles. The van der Waals surface area contributed by atoms with Gasteiger partial charge >= 0.3 is 0 Å². The quantitative estimate of drug-likeness (QED) is 0.690. The van der Waals surface area contributed by atoms with Gasteiger partial charge in [0.25, 0.3) is 0 Å². The summed E-state index contributed by atoms with van der Waals surface area (Å²) in [6, 6.07) is 6.51. The maximum atomic E-state index is 4.59. The first kappa shape index (κ1) is 18.0. The van der Waals surface area contributed by atoms with Crippen LogP contribution in [-0.4, -0.2) is 37.3 Å². The van der Waals surface area contributed by atoms with Crippen molar-refractivity contribution in [3.63, 3.8) is 0 Å². The molecule has 0 bridgehead atoms. The topological polar surface area (TPSA) is 38.9 Å². The number of hydrogen-bond donors (Lipinski definition) is 0. The monoisotopic (exact) mass is 363 g/mol. The predicted octanol–water partition coefficient (Wildman–Crippen LogP) is 3.91. The van der Waals surface area contributed by atoms with Crippen LogP contribution in [0, 0.1) is 26.7 Å². The number of benzene rings is 1. The van der Waals surface area contributed by atoms with Crippen molar-refractivity contribution in [1.82, 2.24) is 24.2 Å². The summed E-state index contributed by atoms with van der Waals surface area (Å²) in [5.74, 6) is 1.81. The molecular weight excluding hydrogens is 334 g/mol. The molecule has 5 nitrogen and oxygen atoms in total. The summed E-state index contributed by atoms with van der Waals surface area (Å²) in [4.78, 5) is 6.92. The predicted molar refractivity (Wildman–Crippen MR) is 108 cm³/mol. The number of rotatable bonds is 5. The van der Waals surface area contributed by atoms with Crippen LogP contribution in [0.3, 0.4) is 0 Å². The van der Waals surface area contributed by atoms with Crippen molar-refractivity contribution in [3.8, 4) is 5.69 Å². The average molecular weight is 364 g/mol. The smallest absolute Gasteiger partial charge is 0.105 e. The summed E-state index contributed by atoms with van der Waals surface area (Å²) in [6.07, 6.45) is 10.8. The molecule has 2 aromatic heterocycles. The Morgan fingerprint density at radius 3 is 2.81 bits per heavy atom. The molecule has 1 unspecified atom stereocenters. The molecule has 0 radical (unpaired) electrons. The largest absolute Gasteiger partial charge is 0.335 e. The Kier molecular flexibility index (Phi) is 5.12. The lowest BCUT2D eigenvalue weighted by molar-refractivity contribution is 0.155. The molecule has 142 valence electrons. The Morgan fingerprint density at radius 1 is 1.15 bits per heavy atom. The van der Waals surface area contributed by atoms with E-state index in [-0.39, 0.29) is 0 Å². The van der Waals surface area contributed by atoms with Gasteiger partial charge in [-0.15, -0.1) is 0 Å². The first-order valence-electron chi connectivity index (χ1n) is 9.90. The molecule has 0 spiro atoms. The molecule has 0 amide bonds. The highest BCUT2D eigenvalue weighted by Gasteiger charge is 2.21. The normalized spacial score (nSPS) is 18.1. The van der Waals surface area contributed by atoms with E-state index >= 15 is 0 Å². The highest BCUT2D eigenvalue weighted by atomic mass is 15.3. The van der Waals surface area contributed by atoms with Gasteiger partial charge in [-0.1, -0.05) is 6.07 Å². The van der Waals surface area contributed by atoms with Gasteiger partial charge in [-0.3, -0.25) is 4.90 Å². The van der Waals surface area contributed by atoms with Gasteiger partial charge in [0, 0.05) is 43.8 Å². The summed E-state index contributed by atoms with van der Waals surface area (Å²) in [5.41, 5.74) is 5.04. The highest BCUT2D eigenvalue weighted by Crippen LogP contribution is 2.21. The molecular formula is C22H29N5. The second-order valence-electron chi connectivity index (χ2n) is 7.93. The van der Waals surface area contributed by atoms with E-state index in [1.807, 2.05) is 17.1 Å². The van der Waals surface area contributed by atoms with E-state index in [9.17, 15) is 0 Å². The molecule has 0 aliphatic carbocycles. The van der Waals surface area contributed by atoms with Crippen LogP contribution >= 0.6 is 0 Å². The van der Waals surface area contributed by atoms with Crippen LogP contribution in [0.2, 0.25) is 0 Å². The molecule has 1 atom stereocenters. The number of aromatic nitrogens is 4. The van der Waals surface area contributed by atoms with Crippen molar-refractivity contribution < 1.29 is 0 Å². The first-order chi connectivity index (χ1) is 13.1. The van der Waals surface area contributed by atoms with E-state index < -0.39 is 0 Å². The van der Waals surface area contributed by atoms with Crippen LogP contribution in [0.4, 0.5) is 0 Å². The molecule has 3 aromatic rings. The van der Waals surface area contributed by atoms with Crippen molar-refractivity contribution in [2.45, 2.75) is 46.7 Å². The third kappa shape index (κ3) is 4.14. The molecule has 0 saturated carbocycles. The van der Waals surface area contributed by atoms with Crippen molar-refractivity contribution in [3.05, 3.63) is 65.5 Å². The van der Waals surface area contributed by atoms with E-state index in [0.717, 1.165) is 31.1 Å². The molecule has 3 heterocycles. The summed E-state index contributed by atoms with van der Waals surface area (Å²) < 4.78 is 4.28. The van der Waals surface area contributed by atoms with Gasteiger partial charge in [-0.2, -0.15) is 5.10 Å². The molecule has 1 saturated heterocycles. The molecule has 0 N–H and O–H groups in total. The fourth-order valence-electron chi connectivity index (χ4n) is 4.03.